The number of hydrogen-bond acceptors (Lipinski definition) is 6. The van der Waals surface area contributed by atoms with Gasteiger partial charge in [0.1, 0.15) is 12.3 Å². The van der Waals surface area contributed by atoms with Crippen LogP contribution in [0.3, 0.4) is 0 Å². The molecular formula is C20H19FN4O3. The molecule has 0 bridgehead atoms. The largest absolute Gasteiger partial charge is 0.478 e. The molecule has 0 aliphatic carbocycles. The Bertz CT molecular complexity index is 907. The first-order chi connectivity index (χ1) is 13.6. The Morgan fingerprint density at radius 3 is 2.61 bits per heavy atom. The summed E-state index contributed by atoms with van der Waals surface area (Å²) in [5.74, 6) is -0.518. The Morgan fingerprint density at radius 1 is 1.07 bits per heavy atom. The predicted octanol–water partition coefficient (Wildman–Crippen LogP) is 2.64. The second kappa shape index (κ2) is 9.40. The van der Waals surface area contributed by atoms with Crippen molar-refractivity contribution in [3.63, 3.8) is 0 Å². The molecule has 0 fully saturated rings. The van der Waals surface area contributed by atoms with E-state index >= 15 is 0 Å². The molecule has 0 saturated heterocycles. The van der Waals surface area contributed by atoms with E-state index in [9.17, 15) is 9.18 Å². The zero-order chi connectivity index (χ0) is 19.8. The van der Waals surface area contributed by atoms with Crippen LogP contribution in [0.5, 0.6) is 11.6 Å². The molecule has 0 radical (unpaired) electrons. The molecule has 2 aromatic heterocycles. The number of aromatic nitrogens is 3. The van der Waals surface area contributed by atoms with Crippen LogP contribution in [0.15, 0.2) is 60.8 Å². The Kier molecular flexibility index (Phi) is 6.46. The lowest BCUT2D eigenvalue weighted by Crippen LogP contribution is -2.38. The molecule has 7 nitrogen and oxygen atoms in total. The highest BCUT2D eigenvalue weighted by molar-refractivity contribution is 5.80. The standard InChI is InChI=1S/C20H19FN4O3/c1-14(28-18-8-3-2-6-15(18)21)20(26)23-12-13-27-19-10-9-17(24-25-19)16-7-4-5-11-22-16/h2-11,14H,12-13H2,1H3,(H,23,26)/t14-/m1/s1. The molecule has 0 unspecified atom stereocenters. The number of para-hydroxylation sites is 1. The van der Waals surface area contributed by atoms with Crippen molar-refractivity contribution in [3.05, 3.63) is 66.6 Å². The van der Waals surface area contributed by atoms with Gasteiger partial charge in [-0.2, -0.15) is 0 Å². The van der Waals surface area contributed by atoms with Gasteiger partial charge in [0.05, 0.1) is 12.2 Å². The van der Waals surface area contributed by atoms with Crippen molar-refractivity contribution >= 4 is 5.91 Å². The Hall–Kier alpha value is -3.55. The number of carbonyl (C=O) groups excluding carboxylic acids is 1. The lowest BCUT2D eigenvalue weighted by molar-refractivity contribution is -0.127. The minimum absolute atomic E-state index is 0.0321. The van der Waals surface area contributed by atoms with Gasteiger partial charge in [-0.05, 0) is 37.3 Å². The minimum Gasteiger partial charge on any atom is -0.478 e. The maximum absolute atomic E-state index is 13.6. The van der Waals surface area contributed by atoms with Gasteiger partial charge in [-0.1, -0.05) is 18.2 Å². The second-order valence-electron chi connectivity index (χ2n) is 5.80. The van der Waals surface area contributed by atoms with E-state index in [2.05, 4.69) is 20.5 Å². The van der Waals surface area contributed by atoms with Gasteiger partial charge >= 0.3 is 0 Å². The average Bonchev–Trinajstić information content (AvgIpc) is 2.73. The number of carbonyl (C=O) groups is 1. The lowest BCUT2D eigenvalue weighted by atomic mass is 10.2. The summed E-state index contributed by atoms with van der Waals surface area (Å²) in [6.07, 6.45) is 0.843. The highest BCUT2D eigenvalue weighted by Crippen LogP contribution is 2.17. The van der Waals surface area contributed by atoms with E-state index in [-0.39, 0.29) is 24.8 Å². The zero-order valence-corrected chi connectivity index (χ0v) is 15.2. The number of nitrogens with zero attached hydrogens (tertiary/aromatic N) is 3. The first-order valence-corrected chi connectivity index (χ1v) is 8.70. The minimum atomic E-state index is -0.839. The third kappa shape index (κ3) is 5.23. The van der Waals surface area contributed by atoms with Gasteiger partial charge < -0.3 is 14.8 Å². The predicted molar refractivity (Wildman–Crippen MR) is 100 cm³/mol. The molecule has 0 aliphatic heterocycles. The topological polar surface area (TPSA) is 86.2 Å². The fraction of sp³-hybridized carbons (Fsp3) is 0.200. The van der Waals surface area contributed by atoms with E-state index in [0.29, 0.717) is 11.6 Å². The molecule has 0 aliphatic rings. The third-order valence-corrected chi connectivity index (χ3v) is 3.73. The van der Waals surface area contributed by atoms with E-state index in [0.717, 1.165) is 5.69 Å². The summed E-state index contributed by atoms with van der Waals surface area (Å²) in [5.41, 5.74) is 1.36. The average molecular weight is 382 g/mol. The van der Waals surface area contributed by atoms with E-state index in [4.69, 9.17) is 9.47 Å². The Balaban J connectivity index is 1.41. The number of hydrogen-bond donors (Lipinski definition) is 1. The van der Waals surface area contributed by atoms with Crippen LogP contribution in [0.1, 0.15) is 6.92 Å². The summed E-state index contributed by atoms with van der Waals surface area (Å²) in [6, 6.07) is 14.9. The molecule has 1 aromatic carbocycles. The maximum Gasteiger partial charge on any atom is 0.260 e. The van der Waals surface area contributed by atoms with Crippen molar-refractivity contribution < 1.29 is 18.7 Å². The molecule has 1 N–H and O–H groups in total. The lowest BCUT2D eigenvalue weighted by Gasteiger charge is -2.15. The van der Waals surface area contributed by atoms with Crippen LogP contribution in [0.4, 0.5) is 4.39 Å². The van der Waals surface area contributed by atoms with Crippen LogP contribution in [0.25, 0.3) is 11.4 Å². The van der Waals surface area contributed by atoms with E-state index < -0.39 is 11.9 Å². The highest BCUT2D eigenvalue weighted by atomic mass is 19.1. The van der Waals surface area contributed by atoms with Crippen molar-refractivity contribution in [1.82, 2.24) is 20.5 Å². The van der Waals surface area contributed by atoms with E-state index in [1.807, 2.05) is 18.2 Å². The van der Waals surface area contributed by atoms with Gasteiger partial charge in [0.2, 0.25) is 5.88 Å². The molecule has 2 heterocycles. The van der Waals surface area contributed by atoms with Gasteiger partial charge in [0.15, 0.2) is 17.7 Å². The normalized spacial score (nSPS) is 11.5. The number of halogens is 1. The van der Waals surface area contributed by atoms with Crippen LogP contribution >= 0.6 is 0 Å². The van der Waals surface area contributed by atoms with Crippen LogP contribution in [-0.4, -0.2) is 40.3 Å². The smallest absolute Gasteiger partial charge is 0.260 e. The number of amides is 1. The molecule has 3 rings (SSSR count). The number of benzene rings is 1. The van der Waals surface area contributed by atoms with Gasteiger partial charge in [0.25, 0.3) is 5.91 Å². The molecule has 8 heteroatoms. The number of pyridine rings is 1. The number of rotatable bonds is 8. The number of ether oxygens (including phenoxy) is 2. The first-order valence-electron chi connectivity index (χ1n) is 8.70. The second-order valence-corrected chi connectivity index (χ2v) is 5.80. The maximum atomic E-state index is 13.6. The fourth-order valence-corrected chi connectivity index (χ4v) is 2.31. The monoisotopic (exact) mass is 382 g/mol. The molecular weight excluding hydrogens is 363 g/mol. The van der Waals surface area contributed by atoms with Crippen molar-refractivity contribution in [3.8, 4) is 23.0 Å². The third-order valence-electron chi connectivity index (χ3n) is 3.73. The van der Waals surface area contributed by atoms with Crippen molar-refractivity contribution in [1.29, 1.82) is 0 Å². The Morgan fingerprint density at radius 2 is 1.89 bits per heavy atom. The fourth-order valence-electron chi connectivity index (χ4n) is 2.31. The molecule has 0 spiro atoms. The summed E-state index contributed by atoms with van der Waals surface area (Å²) in [4.78, 5) is 16.2. The quantitative estimate of drug-likeness (QED) is 0.603. The Labute approximate surface area is 161 Å². The zero-order valence-electron chi connectivity index (χ0n) is 15.2. The summed E-state index contributed by atoms with van der Waals surface area (Å²) in [7, 11) is 0. The van der Waals surface area contributed by atoms with E-state index in [1.165, 1.54) is 12.1 Å². The van der Waals surface area contributed by atoms with Crippen molar-refractivity contribution in [2.45, 2.75) is 13.0 Å². The molecule has 1 amide bonds. The van der Waals surface area contributed by atoms with Gasteiger partial charge in [0, 0.05) is 12.3 Å². The van der Waals surface area contributed by atoms with Crippen LogP contribution in [0, 0.1) is 5.82 Å². The van der Waals surface area contributed by atoms with Crippen LogP contribution in [0.2, 0.25) is 0 Å². The highest BCUT2D eigenvalue weighted by Gasteiger charge is 2.15. The van der Waals surface area contributed by atoms with Crippen molar-refractivity contribution in [2.24, 2.45) is 0 Å². The van der Waals surface area contributed by atoms with Gasteiger partial charge in [-0.25, -0.2) is 4.39 Å². The van der Waals surface area contributed by atoms with Crippen LogP contribution in [-0.2, 0) is 4.79 Å². The summed E-state index contributed by atoms with van der Waals surface area (Å²) >= 11 is 0. The molecule has 0 saturated carbocycles. The summed E-state index contributed by atoms with van der Waals surface area (Å²) in [6.45, 7) is 1.99. The van der Waals surface area contributed by atoms with Crippen molar-refractivity contribution in [2.75, 3.05) is 13.2 Å². The van der Waals surface area contributed by atoms with E-state index in [1.54, 1.807) is 37.4 Å². The molecule has 1 atom stereocenters. The number of nitrogens with one attached hydrogen (secondary N) is 1. The summed E-state index contributed by atoms with van der Waals surface area (Å²) in [5, 5.41) is 10.7. The van der Waals surface area contributed by atoms with Crippen LogP contribution < -0.4 is 14.8 Å². The molecule has 28 heavy (non-hydrogen) atoms. The molecule has 3 aromatic rings. The SMILES string of the molecule is C[C@@H](Oc1ccccc1F)C(=O)NCCOc1ccc(-c2ccccn2)nn1. The first kappa shape index (κ1) is 19.2. The summed E-state index contributed by atoms with van der Waals surface area (Å²) < 4.78 is 24.3. The van der Waals surface area contributed by atoms with Gasteiger partial charge in [-0.15, -0.1) is 10.2 Å². The van der Waals surface area contributed by atoms with Gasteiger partial charge in [-0.3, -0.25) is 9.78 Å². The molecule has 144 valence electrons.